The summed E-state index contributed by atoms with van der Waals surface area (Å²) in [6.45, 7) is 3.70. The quantitative estimate of drug-likeness (QED) is 0.791. The van der Waals surface area contributed by atoms with E-state index in [1.807, 2.05) is 25.1 Å². The SMILES string of the molecule is CCNCc1ccc(S(=O)(=O)NC2CC=CCC2)cc1. The van der Waals surface area contributed by atoms with Crippen molar-refractivity contribution in [1.82, 2.24) is 10.0 Å². The van der Waals surface area contributed by atoms with Gasteiger partial charge in [0.2, 0.25) is 10.0 Å². The Balaban J connectivity index is 2.03. The summed E-state index contributed by atoms with van der Waals surface area (Å²) < 4.78 is 27.3. The van der Waals surface area contributed by atoms with Gasteiger partial charge in [-0.2, -0.15) is 0 Å². The highest BCUT2D eigenvalue weighted by Crippen LogP contribution is 2.16. The second-order valence-corrected chi connectivity index (χ2v) is 6.74. The average molecular weight is 294 g/mol. The average Bonchev–Trinajstić information content (AvgIpc) is 2.46. The van der Waals surface area contributed by atoms with E-state index in [1.54, 1.807) is 12.1 Å². The summed E-state index contributed by atoms with van der Waals surface area (Å²) in [5.41, 5.74) is 1.09. The molecule has 0 bridgehead atoms. The van der Waals surface area contributed by atoms with Crippen LogP contribution < -0.4 is 10.0 Å². The van der Waals surface area contributed by atoms with E-state index in [4.69, 9.17) is 0 Å². The lowest BCUT2D eigenvalue weighted by Crippen LogP contribution is -2.35. The van der Waals surface area contributed by atoms with Gasteiger partial charge in [0.1, 0.15) is 0 Å². The van der Waals surface area contributed by atoms with Crippen molar-refractivity contribution in [3.05, 3.63) is 42.0 Å². The third-order valence-electron chi connectivity index (χ3n) is 3.40. The molecule has 0 saturated carbocycles. The molecule has 1 aliphatic carbocycles. The predicted octanol–water partition coefficient (Wildman–Crippen LogP) is 2.18. The summed E-state index contributed by atoms with van der Waals surface area (Å²) in [4.78, 5) is 0.340. The van der Waals surface area contributed by atoms with Crippen LogP contribution >= 0.6 is 0 Å². The van der Waals surface area contributed by atoms with E-state index in [2.05, 4.69) is 16.1 Å². The molecule has 0 spiro atoms. The van der Waals surface area contributed by atoms with Gasteiger partial charge in [0.05, 0.1) is 4.90 Å². The van der Waals surface area contributed by atoms with Crippen LogP contribution in [-0.2, 0) is 16.6 Å². The number of allylic oxidation sites excluding steroid dienone is 1. The number of hydrogen-bond acceptors (Lipinski definition) is 3. The van der Waals surface area contributed by atoms with Crippen LogP contribution in [0.1, 0.15) is 31.7 Å². The van der Waals surface area contributed by atoms with Crippen LogP contribution in [0, 0.1) is 0 Å². The Bertz CT molecular complexity index is 550. The summed E-state index contributed by atoms with van der Waals surface area (Å²) in [5.74, 6) is 0. The van der Waals surface area contributed by atoms with Crippen molar-refractivity contribution in [1.29, 1.82) is 0 Å². The molecule has 1 aliphatic rings. The van der Waals surface area contributed by atoms with Gasteiger partial charge < -0.3 is 5.32 Å². The lowest BCUT2D eigenvalue weighted by atomic mass is 10.0. The Hall–Kier alpha value is -1.17. The van der Waals surface area contributed by atoms with Crippen LogP contribution in [-0.4, -0.2) is 21.0 Å². The van der Waals surface area contributed by atoms with Crippen molar-refractivity contribution >= 4 is 10.0 Å². The molecule has 0 saturated heterocycles. The Morgan fingerprint density at radius 2 is 1.95 bits per heavy atom. The van der Waals surface area contributed by atoms with Crippen molar-refractivity contribution in [2.24, 2.45) is 0 Å². The largest absolute Gasteiger partial charge is 0.313 e. The molecule has 1 atom stereocenters. The molecule has 20 heavy (non-hydrogen) atoms. The molecule has 5 heteroatoms. The van der Waals surface area contributed by atoms with Gasteiger partial charge >= 0.3 is 0 Å². The summed E-state index contributed by atoms with van der Waals surface area (Å²) in [6.07, 6.45) is 6.72. The molecule has 2 rings (SSSR count). The highest BCUT2D eigenvalue weighted by molar-refractivity contribution is 7.89. The second-order valence-electron chi connectivity index (χ2n) is 5.03. The first-order chi connectivity index (χ1) is 9.62. The maximum Gasteiger partial charge on any atom is 0.240 e. The van der Waals surface area contributed by atoms with Gasteiger partial charge in [-0.05, 0) is 43.5 Å². The zero-order valence-electron chi connectivity index (χ0n) is 11.8. The van der Waals surface area contributed by atoms with Crippen LogP contribution in [0.25, 0.3) is 0 Å². The molecule has 1 aromatic rings. The highest BCUT2D eigenvalue weighted by atomic mass is 32.2. The highest BCUT2D eigenvalue weighted by Gasteiger charge is 2.20. The molecule has 1 unspecified atom stereocenters. The first kappa shape index (κ1) is 15.2. The molecule has 0 heterocycles. The topological polar surface area (TPSA) is 58.2 Å². The fourth-order valence-electron chi connectivity index (χ4n) is 2.24. The molecule has 0 aliphatic heterocycles. The minimum atomic E-state index is -3.40. The molecule has 0 amide bonds. The van der Waals surface area contributed by atoms with E-state index < -0.39 is 10.0 Å². The third kappa shape index (κ3) is 4.16. The van der Waals surface area contributed by atoms with Crippen LogP contribution in [0.3, 0.4) is 0 Å². The minimum Gasteiger partial charge on any atom is -0.313 e. The Morgan fingerprint density at radius 3 is 2.55 bits per heavy atom. The summed E-state index contributed by atoms with van der Waals surface area (Å²) in [6, 6.07) is 7.09. The van der Waals surface area contributed by atoms with Crippen LogP contribution in [0.5, 0.6) is 0 Å². The van der Waals surface area contributed by atoms with Gasteiger partial charge in [-0.3, -0.25) is 0 Å². The molecule has 110 valence electrons. The lowest BCUT2D eigenvalue weighted by molar-refractivity contribution is 0.522. The zero-order valence-corrected chi connectivity index (χ0v) is 12.6. The minimum absolute atomic E-state index is 0.0198. The van der Waals surface area contributed by atoms with Gasteiger partial charge in [-0.15, -0.1) is 0 Å². The number of nitrogens with one attached hydrogen (secondary N) is 2. The first-order valence-corrected chi connectivity index (χ1v) is 8.57. The Labute approximate surface area is 121 Å². The van der Waals surface area contributed by atoms with Gasteiger partial charge in [0.15, 0.2) is 0 Å². The van der Waals surface area contributed by atoms with Crippen LogP contribution in [0.2, 0.25) is 0 Å². The fraction of sp³-hybridized carbons (Fsp3) is 0.467. The molecule has 4 nitrogen and oxygen atoms in total. The molecule has 0 radical (unpaired) electrons. The molecule has 0 fully saturated rings. The zero-order chi connectivity index (χ0) is 14.4. The molecule has 1 aromatic carbocycles. The number of sulfonamides is 1. The van der Waals surface area contributed by atoms with Crippen LogP contribution in [0.15, 0.2) is 41.3 Å². The van der Waals surface area contributed by atoms with E-state index in [9.17, 15) is 8.42 Å². The number of benzene rings is 1. The summed E-state index contributed by atoms with van der Waals surface area (Å²) in [5, 5.41) is 3.22. The van der Waals surface area contributed by atoms with Crippen molar-refractivity contribution in [2.45, 2.75) is 43.7 Å². The van der Waals surface area contributed by atoms with Crippen molar-refractivity contribution in [3.63, 3.8) is 0 Å². The monoisotopic (exact) mass is 294 g/mol. The molecule has 2 N–H and O–H groups in total. The predicted molar refractivity (Wildman–Crippen MR) is 80.9 cm³/mol. The standard InChI is InChI=1S/C15H22N2O2S/c1-2-16-12-13-8-10-15(11-9-13)20(18,19)17-14-6-4-3-5-7-14/h3-4,8-11,14,16-17H,2,5-7,12H2,1H3. The van der Waals surface area contributed by atoms with Crippen molar-refractivity contribution < 1.29 is 8.42 Å². The van der Waals surface area contributed by atoms with E-state index in [1.165, 1.54) is 0 Å². The molecule has 0 aromatic heterocycles. The van der Waals surface area contributed by atoms with E-state index in [0.29, 0.717) is 4.90 Å². The Morgan fingerprint density at radius 1 is 1.20 bits per heavy atom. The van der Waals surface area contributed by atoms with Gasteiger partial charge in [-0.25, -0.2) is 13.1 Å². The van der Waals surface area contributed by atoms with E-state index in [-0.39, 0.29) is 6.04 Å². The molecular formula is C15H22N2O2S. The lowest BCUT2D eigenvalue weighted by Gasteiger charge is -2.19. The second kappa shape index (κ2) is 7.02. The van der Waals surface area contributed by atoms with Gasteiger partial charge in [0.25, 0.3) is 0 Å². The first-order valence-electron chi connectivity index (χ1n) is 7.09. The number of hydrogen-bond donors (Lipinski definition) is 2. The smallest absolute Gasteiger partial charge is 0.240 e. The number of rotatable bonds is 6. The normalized spacial score (nSPS) is 19.1. The Kier molecular flexibility index (Phi) is 5.34. The van der Waals surface area contributed by atoms with Gasteiger partial charge in [-0.1, -0.05) is 31.2 Å². The summed E-state index contributed by atoms with van der Waals surface area (Å²) in [7, 11) is -3.40. The maximum atomic E-state index is 12.3. The summed E-state index contributed by atoms with van der Waals surface area (Å²) >= 11 is 0. The van der Waals surface area contributed by atoms with E-state index >= 15 is 0 Å². The van der Waals surface area contributed by atoms with Crippen molar-refractivity contribution in [2.75, 3.05) is 6.54 Å². The molecular weight excluding hydrogens is 272 g/mol. The van der Waals surface area contributed by atoms with Gasteiger partial charge in [0, 0.05) is 12.6 Å². The fourth-order valence-corrected chi connectivity index (χ4v) is 3.53. The van der Waals surface area contributed by atoms with Crippen LogP contribution in [0.4, 0.5) is 0 Å². The van der Waals surface area contributed by atoms with Crippen molar-refractivity contribution in [3.8, 4) is 0 Å². The third-order valence-corrected chi connectivity index (χ3v) is 4.94. The van der Waals surface area contributed by atoms with E-state index in [0.717, 1.165) is 37.9 Å². The maximum absolute atomic E-state index is 12.3.